The fourth-order valence-corrected chi connectivity index (χ4v) is 2.06. The number of fused-ring (bicyclic) bond motifs is 1. The monoisotopic (exact) mass is 279 g/mol. The van der Waals surface area contributed by atoms with E-state index in [1.54, 1.807) is 27.7 Å². The van der Waals surface area contributed by atoms with Crippen LogP contribution in [0, 0.1) is 6.92 Å². The van der Waals surface area contributed by atoms with E-state index in [1.165, 1.54) is 6.20 Å². The van der Waals surface area contributed by atoms with Crippen LogP contribution < -0.4 is 0 Å². The van der Waals surface area contributed by atoms with Crippen LogP contribution in [-0.4, -0.2) is 37.6 Å². The molecule has 1 atom stereocenters. The summed E-state index contributed by atoms with van der Waals surface area (Å²) in [4.78, 5) is 32.9. The van der Waals surface area contributed by atoms with Crippen molar-refractivity contribution in [2.45, 2.75) is 45.9 Å². The maximum Gasteiger partial charge on any atom is 0.411 e. The van der Waals surface area contributed by atoms with Crippen LogP contribution in [0.3, 0.4) is 0 Å². The van der Waals surface area contributed by atoms with Crippen molar-refractivity contribution >= 4 is 12.1 Å². The van der Waals surface area contributed by atoms with E-state index >= 15 is 0 Å². The minimum absolute atomic E-state index is 0.116. The number of aromatic nitrogens is 2. The minimum Gasteiger partial charge on any atom is -0.479 e. The summed E-state index contributed by atoms with van der Waals surface area (Å²) < 4.78 is 5.24. The molecule has 0 bridgehead atoms. The summed E-state index contributed by atoms with van der Waals surface area (Å²) in [6.45, 7) is 7.02. The summed E-state index contributed by atoms with van der Waals surface area (Å²) >= 11 is 0. The van der Waals surface area contributed by atoms with Gasteiger partial charge in [0, 0.05) is 11.8 Å². The lowest BCUT2D eigenvalue weighted by Crippen LogP contribution is -2.38. The van der Waals surface area contributed by atoms with Gasteiger partial charge in [-0.15, -0.1) is 0 Å². The van der Waals surface area contributed by atoms with Gasteiger partial charge in [0.05, 0.1) is 12.2 Å². The SMILES string of the molecule is Cc1ncc2c(n1)CN(C(=O)OC(C)(C)C)C2C(=O)O. The fraction of sp³-hybridized carbons (Fsp3) is 0.538. The summed E-state index contributed by atoms with van der Waals surface area (Å²) in [5.74, 6) is -0.582. The Labute approximate surface area is 116 Å². The van der Waals surface area contributed by atoms with Crippen molar-refractivity contribution in [3.05, 3.63) is 23.3 Å². The molecule has 2 rings (SSSR count). The number of carbonyl (C=O) groups is 2. The largest absolute Gasteiger partial charge is 0.479 e. The fourth-order valence-electron chi connectivity index (χ4n) is 2.06. The Morgan fingerprint density at radius 2 is 2.10 bits per heavy atom. The molecule has 0 aromatic carbocycles. The van der Waals surface area contributed by atoms with Gasteiger partial charge in [0.15, 0.2) is 6.04 Å². The van der Waals surface area contributed by atoms with Gasteiger partial charge in [-0.2, -0.15) is 0 Å². The maximum absolute atomic E-state index is 12.1. The average Bonchev–Trinajstić information content (AvgIpc) is 2.64. The minimum atomic E-state index is -1.12. The van der Waals surface area contributed by atoms with Crippen LogP contribution in [0.25, 0.3) is 0 Å². The molecule has 0 fully saturated rings. The quantitative estimate of drug-likeness (QED) is 0.840. The molecule has 1 aromatic heterocycles. The lowest BCUT2D eigenvalue weighted by Gasteiger charge is -2.26. The van der Waals surface area contributed by atoms with Gasteiger partial charge >= 0.3 is 12.1 Å². The highest BCUT2D eigenvalue weighted by Gasteiger charge is 2.41. The number of aliphatic carboxylic acids is 1. The van der Waals surface area contributed by atoms with Gasteiger partial charge in [-0.3, -0.25) is 4.90 Å². The van der Waals surface area contributed by atoms with Crippen molar-refractivity contribution in [3.63, 3.8) is 0 Å². The Balaban J connectivity index is 2.32. The molecule has 0 saturated carbocycles. The predicted octanol–water partition coefficient (Wildman–Crippen LogP) is 1.66. The number of rotatable bonds is 1. The lowest BCUT2D eigenvalue weighted by molar-refractivity contribution is -0.143. The van der Waals surface area contributed by atoms with Crippen LogP contribution in [0.1, 0.15) is 43.9 Å². The molecule has 7 heteroatoms. The molecule has 2 heterocycles. The maximum atomic E-state index is 12.1. The van der Waals surface area contributed by atoms with Gasteiger partial charge in [-0.25, -0.2) is 19.6 Å². The number of carbonyl (C=O) groups excluding carboxylic acids is 1. The summed E-state index contributed by atoms with van der Waals surface area (Å²) in [6.07, 6.45) is 0.793. The second-order valence-corrected chi connectivity index (χ2v) is 5.67. The zero-order valence-electron chi connectivity index (χ0n) is 11.9. The summed E-state index contributed by atoms with van der Waals surface area (Å²) in [5.41, 5.74) is 0.306. The van der Waals surface area contributed by atoms with Crippen LogP contribution in [0.2, 0.25) is 0 Å². The first-order valence-corrected chi connectivity index (χ1v) is 6.24. The third-order valence-corrected chi connectivity index (χ3v) is 2.81. The van der Waals surface area contributed by atoms with E-state index in [0.717, 1.165) is 4.90 Å². The third-order valence-electron chi connectivity index (χ3n) is 2.81. The van der Waals surface area contributed by atoms with Crippen molar-refractivity contribution in [3.8, 4) is 0 Å². The second kappa shape index (κ2) is 4.73. The molecule has 20 heavy (non-hydrogen) atoms. The van der Waals surface area contributed by atoms with E-state index in [4.69, 9.17) is 4.74 Å². The van der Waals surface area contributed by atoms with Gasteiger partial charge < -0.3 is 9.84 Å². The Morgan fingerprint density at radius 3 is 2.65 bits per heavy atom. The number of carboxylic acid groups (broad SMARTS) is 1. The molecule has 1 unspecified atom stereocenters. The van der Waals surface area contributed by atoms with Gasteiger partial charge in [0.2, 0.25) is 0 Å². The first kappa shape index (κ1) is 14.2. The van der Waals surface area contributed by atoms with Crippen LogP contribution in [0.4, 0.5) is 4.79 Å². The molecule has 108 valence electrons. The average molecular weight is 279 g/mol. The third kappa shape index (κ3) is 2.71. The number of aryl methyl sites for hydroxylation is 1. The van der Waals surface area contributed by atoms with E-state index < -0.39 is 23.7 Å². The number of ether oxygens (including phenoxy) is 1. The molecule has 1 aliphatic rings. The van der Waals surface area contributed by atoms with Crippen LogP contribution in [-0.2, 0) is 16.1 Å². The Hall–Kier alpha value is -2.18. The van der Waals surface area contributed by atoms with E-state index in [1.807, 2.05) is 0 Å². The lowest BCUT2D eigenvalue weighted by atomic mass is 10.1. The Kier molecular flexibility index (Phi) is 3.37. The number of carboxylic acids is 1. The Bertz CT molecular complexity index is 565. The molecule has 0 spiro atoms. The normalized spacial score (nSPS) is 17.8. The molecule has 7 nitrogen and oxygen atoms in total. The zero-order chi connectivity index (χ0) is 15.1. The van der Waals surface area contributed by atoms with Crippen molar-refractivity contribution < 1.29 is 19.4 Å². The highest BCUT2D eigenvalue weighted by molar-refractivity contribution is 5.83. The van der Waals surface area contributed by atoms with Crippen molar-refractivity contribution in [2.75, 3.05) is 0 Å². The number of nitrogens with zero attached hydrogens (tertiary/aromatic N) is 3. The number of amides is 1. The molecule has 1 aliphatic heterocycles. The van der Waals surface area contributed by atoms with Gasteiger partial charge in [-0.1, -0.05) is 0 Å². The predicted molar refractivity (Wildman–Crippen MR) is 68.9 cm³/mol. The molecule has 0 saturated heterocycles. The standard InChI is InChI=1S/C13H17N3O4/c1-7-14-5-8-9(15-7)6-16(10(8)11(17)18)12(19)20-13(2,3)4/h5,10H,6H2,1-4H3,(H,17,18). The molecule has 1 amide bonds. The van der Waals surface area contributed by atoms with Crippen molar-refractivity contribution in [2.24, 2.45) is 0 Å². The summed E-state index contributed by atoms with van der Waals surface area (Å²) in [6, 6.07) is -1.10. The van der Waals surface area contributed by atoms with Gasteiger partial charge in [0.25, 0.3) is 0 Å². The molecular formula is C13H17N3O4. The molecule has 0 aliphatic carbocycles. The van der Waals surface area contributed by atoms with Crippen molar-refractivity contribution in [1.29, 1.82) is 0 Å². The van der Waals surface area contributed by atoms with Crippen LogP contribution >= 0.6 is 0 Å². The first-order chi connectivity index (χ1) is 9.19. The number of hydrogen-bond donors (Lipinski definition) is 1. The highest BCUT2D eigenvalue weighted by Crippen LogP contribution is 2.33. The smallest absolute Gasteiger partial charge is 0.411 e. The summed E-state index contributed by atoms with van der Waals surface area (Å²) in [5, 5.41) is 9.34. The number of hydrogen-bond acceptors (Lipinski definition) is 5. The summed E-state index contributed by atoms with van der Waals surface area (Å²) in [7, 11) is 0. The van der Waals surface area contributed by atoms with E-state index in [0.29, 0.717) is 17.1 Å². The Morgan fingerprint density at radius 1 is 1.45 bits per heavy atom. The van der Waals surface area contributed by atoms with Crippen molar-refractivity contribution in [1.82, 2.24) is 14.9 Å². The van der Waals surface area contributed by atoms with Gasteiger partial charge in [0.1, 0.15) is 11.4 Å². The topological polar surface area (TPSA) is 92.6 Å². The van der Waals surface area contributed by atoms with Gasteiger partial charge in [-0.05, 0) is 27.7 Å². The van der Waals surface area contributed by atoms with Crippen LogP contribution in [0.15, 0.2) is 6.20 Å². The first-order valence-electron chi connectivity index (χ1n) is 6.24. The van der Waals surface area contributed by atoms with E-state index in [-0.39, 0.29) is 6.54 Å². The highest BCUT2D eigenvalue weighted by atomic mass is 16.6. The van der Waals surface area contributed by atoms with E-state index in [2.05, 4.69) is 9.97 Å². The van der Waals surface area contributed by atoms with Crippen LogP contribution in [0.5, 0.6) is 0 Å². The molecule has 1 aromatic rings. The molecular weight excluding hydrogens is 262 g/mol. The molecule has 0 radical (unpaired) electrons. The zero-order valence-corrected chi connectivity index (χ0v) is 11.9. The second-order valence-electron chi connectivity index (χ2n) is 5.67. The molecule has 1 N–H and O–H groups in total. The van der Waals surface area contributed by atoms with E-state index in [9.17, 15) is 14.7 Å².